The SMILES string of the molecule is CC(/C=N/NC(=O)CSc1nnc(-c2ccc(C)cc2)n1-c1ccc(C)cc1)=C\c1ccco1. The standard InChI is InChI=1S/C26H25N5O2S/c1-18-6-10-21(11-7-18)25-29-30-26(31(25)22-12-8-19(2)9-13-22)34-17-24(32)28-27-16-20(3)15-23-5-4-14-33-23/h4-16H,17H2,1-3H3,(H,28,32)/b20-15+,27-16+. The van der Waals surface area contributed by atoms with Gasteiger partial charge in [0.05, 0.1) is 18.2 Å². The summed E-state index contributed by atoms with van der Waals surface area (Å²) in [4.78, 5) is 12.4. The Kier molecular flexibility index (Phi) is 7.39. The van der Waals surface area contributed by atoms with Crippen molar-refractivity contribution in [3.8, 4) is 17.1 Å². The highest BCUT2D eigenvalue weighted by Gasteiger charge is 2.17. The van der Waals surface area contributed by atoms with Gasteiger partial charge < -0.3 is 4.42 Å². The zero-order valence-electron chi connectivity index (χ0n) is 19.2. The number of nitrogens with one attached hydrogen (secondary N) is 1. The van der Waals surface area contributed by atoms with Crippen molar-refractivity contribution in [1.82, 2.24) is 20.2 Å². The molecule has 7 nitrogen and oxygen atoms in total. The molecule has 4 aromatic rings. The second kappa shape index (κ2) is 10.8. The molecule has 34 heavy (non-hydrogen) atoms. The summed E-state index contributed by atoms with van der Waals surface area (Å²) in [5, 5.41) is 13.5. The zero-order valence-corrected chi connectivity index (χ0v) is 20.0. The van der Waals surface area contributed by atoms with Crippen molar-refractivity contribution in [2.75, 3.05) is 5.75 Å². The predicted octanol–water partition coefficient (Wildman–Crippen LogP) is 5.44. The number of carbonyl (C=O) groups excluding carboxylic acids is 1. The molecule has 0 unspecified atom stereocenters. The number of benzene rings is 2. The van der Waals surface area contributed by atoms with E-state index in [1.165, 1.54) is 17.3 Å². The van der Waals surface area contributed by atoms with Crippen LogP contribution in [-0.2, 0) is 4.79 Å². The molecule has 0 saturated heterocycles. The first kappa shape index (κ1) is 23.3. The Bertz CT molecular complexity index is 1300. The highest BCUT2D eigenvalue weighted by Crippen LogP contribution is 2.28. The normalized spacial score (nSPS) is 11.8. The van der Waals surface area contributed by atoms with Gasteiger partial charge in [-0.1, -0.05) is 59.3 Å². The molecule has 4 rings (SSSR count). The van der Waals surface area contributed by atoms with Crippen LogP contribution in [0.25, 0.3) is 23.2 Å². The van der Waals surface area contributed by atoms with E-state index in [2.05, 4.69) is 20.7 Å². The Morgan fingerprint density at radius 3 is 2.44 bits per heavy atom. The van der Waals surface area contributed by atoms with Gasteiger partial charge in [0.15, 0.2) is 11.0 Å². The second-order valence-electron chi connectivity index (χ2n) is 7.83. The van der Waals surface area contributed by atoms with Crippen LogP contribution in [-0.4, -0.2) is 32.6 Å². The van der Waals surface area contributed by atoms with Crippen LogP contribution in [0.5, 0.6) is 0 Å². The van der Waals surface area contributed by atoms with E-state index in [1.807, 2.05) is 92.1 Å². The highest BCUT2D eigenvalue weighted by molar-refractivity contribution is 7.99. The van der Waals surface area contributed by atoms with Crippen LogP contribution in [0.3, 0.4) is 0 Å². The number of aryl methyl sites for hydroxylation is 2. The fourth-order valence-corrected chi connectivity index (χ4v) is 3.93. The third-order valence-corrected chi connectivity index (χ3v) is 5.87. The summed E-state index contributed by atoms with van der Waals surface area (Å²) in [7, 11) is 0. The van der Waals surface area contributed by atoms with E-state index >= 15 is 0 Å². The topological polar surface area (TPSA) is 85.3 Å². The van der Waals surface area contributed by atoms with Crippen LogP contribution in [0.1, 0.15) is 23.8 Å². The van der Waals surface area contributed by atoms with Gasteiger partial charge in [-0.3, -0.25) is 9.36 Å². The molecule has 0 atom stereocenters. The van der Waals surface area contributed by atoms with Gasteiger partial charge in [0.25, 0.3) is 5.91 Å². The Labute approximate surface area is 202 Å². The zero-order chi connectivity index (χ0) is 23.9. The molecule has 1 amide bonds. The third-order valence-electron chi connectivity index (χ3n) is 4.94. The fraction of sp³-hybridized carbons (Fsp3) is 0.154. The van der Waals surface area contributed by atoms with Gasteiger partial charge in [0.2, 0.25) is 0 Å². The molecule has 0 saturated carbocycles. The summed E-state index contributed by atoms with van der Waals surface area (Å²) in [6, 6.07) is 19.9. The van der Waals surface area contributed by atoms with Gasteiger partial charge in [-0.15, -0.1) is 10.2 Å². The molecule has 2 heterocycles. The third kappa shape index (κ3) is 5.90. The number of hydrogen-bond donors (Lipinski definition) is 1. The maximum absolute atomic E-state index is 12.4. The van der Waals surface area contributed by atoms with Crippen LogP contribution in [0.15, 0.2) is 87.2 Å². The lowest BCUT2D eigenvalue weighted by Crippen LogP contribution is -2.20. The molecule has 0 spiro atoms. The van der Waals surface area contributed by atoms with E-state index in [4.69, 9.17) is 4.42 Å². The van der Waals surface area contributed by atoms with Crippen molar-refractivity contribution in [2.45, 2.75) is 25.9 Å². The number of aromatic nitrogens is 3. The lowest BCUT2D eigenvalue weighted by atomic mass is 10.1. The number of thioether (sulfide) groups is 1. The minimum atomic E-state index is -0.234. The lowest BCUT2D eigenvalue weighted by molar-refractivity contribution is -0.118. The van der Waals surface area contributed by atoms with Gasteiger partial charge in [0, 0.05) is 11.3 Å². The van der Waals surface area contributed by atoms with E-state index in [1.54, 1.807) is 12.5 Å². The average molecular weight is 472 g/mol. The number of hydrogen-bond acceptors (Lipinski definition) is 6. The Hall–Kier alpha value is -3.91. The molecule has 0 aliphatic heterocycles. The van der Waals surface area contributed by atoms with Crippen LogP contribution in [0.2, 0.25) is 0 Å². The summed E-state index contributed by atoms with van der Waals surface area (Å²) >= 11 is 1.31. The van der Waals surface area contributed by atoms with Crippen molar-refractivity contribution in [3.63, 3.8) is 0 Å². The summed E-state index contributed by atoms with van der Waals surface area (Å²) in [5.74, 6) is 1.37. The van der Waals surface area contributed by atoms with Crippen molar-refractivity contribution in [3.05, 3.63) is 89.4 Å². The van der Waals surface area contributed by atoms with E-state index in [9.17, 15) is 4.79 Å². The van der Waals surface area contributed by atoms with E-state index < -0.39 is 0 Å². The van der Waals surface area contributed by atoms with Crippen LogP contribution in [0.4, 0.5) is 0 Å². The number of hydrazone groups is 1. The Morgan fingerprint density at radius 2 is 1.76 bits per heavy atom. The van der Waals surface area contributed by atoms with Crippen molar-refractivity contribution >= 4 is 30.0 Å². The minimum absolute atomic E-state index is 0.149. The first-order valence-electron chi connectivity index (χ1n) is 10.8. The monoisotopic (exact) mass is 471 g/mol. The first-order chi connectivity index (χ1) is 16.5. The van der Waals surface area contributed by atoms with Gasteiger partial charge in [0.1, 0.15) is 5.76 Å². The number of carbonyl (C=O) groups is 1. The van der Waals surface area contributed by atoms with Crippen LogP contribution < -0.4 is 5.43 Å². The molecule has 0 aliphatic carbocycles. The molecule has 0 fully saturated rings. The molecule has 0 aliphatic rings. The average Bonchev–Trinajstić information content (AvgIpc) is 3.49. The minimum Gasteiger partial charge on any atom is -0.465 e. The molecule has 0 radical (unpaired) electrons. The maximum atomic E-state index is 12.4. The summed E-state index contributed by atoms with van der Waals surface area (Å²) in [6.45, 7) is 5.97. The van der Waals surface area contributed by atoms with Crippen LogP contribution >= 0.6 is 11.8 Å². The predicted molar refractivity (Wildman–Crippen MR) is 136 cm³/mol. The Balaban J connectivity index is 1.48. The molecule has 8 heteroatoms. The smallest absolute Gasteiger partial charge is 0.250 e. The summed E-state index contributed by atoms with van der Waals surface area (Å²) in [5.41, 5.74) is 7.64. The van der Waals surface area contributed by atoms with E-state index in [-0.39, 0.29) is 11.7 Å². The number of allylic oxidation sites excluding steroid dienone is 1. The van der Waals surface area contributed by atoms with Gasteiger partial charge >= 0.3 is 0 Å². The first-order valence-corrected chi connectivity index (χ1v) is 11.7. The number of furan rings is 1. The molecule has 2 aromatic carbocycles. The number of amides is 1. The van der Waals surface area contributed by atoms with Crippen LogP contribution in [0, 0.1) is 13.8 Å². The van der Waals surface area contributed by atoms with Gasteiger partial charge in [-0.25, -0.2) is 5.43 Å². The fourth-order valence-electron chi connectivity index (χ4n) is 3.18. The summed E-state index contributed by atoms with van der Waals surface area (Å²) < 4.78 is 7.24. The molecule has 2 aromatic heterocycles. The van der Waals surface area contributed by atoms with E-state index in [0.29, 0.717) is 5.16 Å². The largest absolute Gasteiger partial charge is 0.465 e. The quantitative estimate of drug-likeness (QED) is 0.210. The highest BCUT2D eigenvalue weighted by atomic mass is 32.2. The molecule has 0 bridgehead atoms. The lowest BCUT2D eigenvalue weighted by Gasteiger charge is -2.11. The molecular weight excluding hydrogens is 446 g/mol. The summed E-state index contributed by atoms with van der Waals surface area (Å²) in [6.07, 6.45) is 5.02. The maximum Gasteiger partial charge on any atom is 0.250 e. The van der Waals surface area contributed by atoms with Crippen molar-refractivity contribution in [2.24, 2.45) is 5.10 Å². The Morgan fingerprint density at radius 1 is 1.06 bits per heavy atom. The second-order valence-corrected chi connectivity index (χ2v) is 8.77. The molecule has 172 valence electrons. The van der Waals surface area contributed by atoms with Crippen molar-refractivity contribution < 1.29 is 9.21 Å². The molecule has 1 N–H and O–H groups in total. The van der Waals surface area contributed by atoms with Crippen molar-refractivity contribution in [1.29, 1.82) is 0 Å². The van der Waals surface area contributed by atoms with E-state index in [0.717, 1.165) is 34.0 Å². The van der Waals surface area contributed by atoms with Gasteiger partial charge in [-0.2, -0.15) is 5.10 Å². The van der Waals surface area contributed by atoms with Gasteiger partial charge in [-0.05, 0) is 56.7 Å². The number of nitrogens with zero attached hydrogens (tertiary/aromatic N) is 4. The molecular formula is C26H25N5O2S. The number of rotatable bonds is 8.